The van der Waals surface area contributed by atoms with E-state index in [1.54, 1.807) is 24.3 Å². The molecule has 1 fully saturated rings. The second kappa shape index (κ2) is 9.97. The molecule has 1 saturated heterocycles. The van der Waals surface area contributed by atoms with Crippen LogP contribution >= 0.6 is 11.8 Å². The van der Waals surface area contributed by atoms with Crippen LogP contribution in [0.4, 0.5) is 0 Å². The fourth-order valence-electron chi connectivity index (χ4n) is 2.71. The van der Waals surface area contributed by atoms with Crippen LogP contribution in [-0.2, 0) is 14.9 Å². The first kappa shape index (κ1) is 22.8. The van der Waals surface area contributed by atoms with Crippen molar-refractivity contribution < 1.29 is 22.1 Å². The number of carbonyl (C=O) groups excluding carboxylic acids is 1. The first-order valence-corrected chi connectivity index (χ1v) is 11.9. The maximum absolute atomic E-state index is 12.5. The molecule has 0 unspecified atom stereocenters. The Bertz CT molecular complexity index is 1100. The Kier molecular flexibility index (Phi) is 7.34. The van der Waals surface area contributed by atoms with Gasteiger partial charge in [-0.05, 0) is 54.8 Å². The van der Waals surface area contributed by atoms with Crippen molar-refractivity contribution in [2.45, 2.75) is 30.9 Å². The van der Waals surface area contributed by atoms with Crippen molar-refractivity contribution in [2.75, 3.05) is 6.61 Å². The van der Waals surface area contributed by atoms with Crippen LogP contribution in [0.5, 0.6) is 11.5 Å². The van der Waals surface area contributed by atoms with Gasteiger partial charge in [-0.3, -0.25) is 4.79 Å². The maximum atomic E-state index is 12.5. The Morgan fingerprint density at radius 3 is 2.55 bits per heavy atom. The number of nitrogens with zero attached hydrogens (tertiary/aromatic N) is 2. The summed E-state index contributed by atoms with van der Waals surface area (Å²) >= 11 is 1.34. The van der Waals surface area contributed by atoms with Crippen LogP contribution in [0.15, 0.2) is 63.6 Å². The van der Waals surface area contributed by atoms with E-state index in [9.17, 15) is 13.2 Å². The van der Waals surface area contributed by atoms with Crippen molar-refractivity contribution in [3.8, 4) is 11.5 Å². The molecule has 0 radical (unpaired) electrons. The molecule has 31 heavy (non-hydrogen) atoms. The minimum Gasteiger partial charge on any atom is -0.494 e. The molecule has 2 aromatic rings. The Labute approximate surface area is 185 Å². The molecule has 0 spiro atoms. The third kappa shape index (κ3) is 6.08. The van der Waals surface area contributed by atoms with E-state index in [2.05, 4.69) is 15.5 Å². The lowest BCUT2D eigenvalue weighted by molar-refractivity contribution is -0.119. The van der Waals surface area contributed by atoms with Crippen LogP contribution in [0.25, 0.3) is 0 Å². The quantitative estimate of drug-likeness (QED) is 0.367. The topological polar surface area (TPSA) is 106 Å². The van der Waals surface area contributed by atoms with Crippen molar-refractivity contribution >= 4 is 39.2 Å². The molecule has 0 aromatic heterocycles. The van der Waals surface area contributed by atoms with Gasteiger partial charge in [-0.2, -0.15) is 13.5 Å². The van der Waals surface area contributed by atoms with Crippen molar-refractivity contribution in [1.29, 1.82) is 0 Å². The van der Waals surface area contributed by atoms with Crippen LogP contribution in [0.3, 0.4) is 0 Å². The number of rotatable bonds is 8. The molecule has 1 N–H and O–H groups in total. The third-order valence-corrected chi connectivity index (χ3v) is 6.86. The largest absolute Gasteiger partial charge is 0.494 e. The Hall–Kier alpha value is -2.85. The van der Waals surface area contributed by atoms with Gasteiger partial charge in [0.15, 0.2) is 5.17 Å². The van der Waals surface area contributed by atoms with Gasteiger partial charge in [-0.25, -0.2) is 0 Å². The highest BCUT2D eigenvalue weighted by atomic mass is 32.2. The van der Waals surface area contributed by atoms with Gasteiger partial charge in [0.2, 0.25) is 5.91 Å². The molecule has 1 heterocycles. The smallest absolute Gasteiger partial charge is 0.339 e. The Morgan fingerprint density at radius 1 is 1.16 bits per heavy atom. The second-order valence-electron chi connectivity index (χ2n) is 6.94. The lowest BCUT2D eigenvalue weighted by atomic mass is 10.1. The van der Waals surface area contributed by atoms with Gasteiger partial charge in [-0.1, -0.05) is 37.7 Å². The second-order valence-corrected chi connectivity index (χ2v) is 9.61. The summed E-state index contributed by atoms with van der Waals surface area (Å²) in [6.07, 6.45) is 1.46. The molecule has 1 amide bonds. The highest BCUT2D eigenvalue weighted by Gasteiger charge is 2.32. The Morgan fingerprint density at radius 2 is 1.90 bits per heavy atom. The molecule has 3 rings (SSSR count). The molecule has 0 bridgehead atoms. The van der Waals surface area contributed by atoms with Crippen LogP contribution in [0.1, 0.15) is 26.3 Å². The van der Waals surface area contributed by atoms with Crippen molar-refractivity contribution in [3.05, 3.63) is 54.1 Å². The highest BCUT2D eigenvalue weighted by Crippen LogP contribution is 2.26. The van der Waals surface area contributed by atoms with E-state index in [4.69, 9.17) is 8.92 Å². The Balaban J connectivity index is 1.68. The van der Waals surface area contributed by atoms with Crippen LogP contribution in [-0.4, -0.2) is 37.6 Å². The summed E-state index contributed by atoms with van der Waals surface area (Å²) in [5, 5.41) is 11.0. The number of carbonyl (C=O) groups is 1. The zero-order valence-corrected chi connectivity index (χ0v) is 18.9. The molecule has 164 valence electrons. The molecule has 1 aliphatic heterocycles. The van der Waals surface area contributed by atoms with Gasteiger partial charge < -0.3 is 14.2 Å². The number of hydrogen-bond donors (Lipinski definition) is 1. The average Bonchev–Trinajstić information content (AvgIpc) is 3.09. The van der Waals surface area contributed by atoms with E-state index >= 15 is 0 Å². The van der Waals surface area contributed by atoms with E-state index in [1.807, 2.05) is 20.8 Å². The predicted molar refractivity (Wildman–Crippen MR) is 121 cm³/mol. The number of nitrogens with one attached hydrogen (secondary N) is 1. The van der Waals surface area contributed by atoms with E-state index < -0.39 is 10.1 Å². The molecular weight excluding hydrogens is 438 g/mol. The van der Waals surface area contributed by atoms with E-state index in [0.717, 1.165) is 0 Å². The zero-order chi connectivity index (χ0) is 22.4. The van der Waals surface area contributed by atoms with Gasteiger partial charge in [0, 0.05) is 0 Å². The molecule has 2 aromatic carbocycles. The molecular formula is C21H23N3O5S2. The highest BCUT2D eigenvalue weighted by molar-refractivity contribution is 8.15. The summed E-state index contributed by atoms with van der Waals surface area (Å²) in [5.41, 5.74) is 0.596. The van der Waals surface area contributed by atoms with Crippen molar-refractivity contribution in [1.82, 2.24) is 5.32 Å². The monoisotopic (exact) mass is 461 g/mol. The summed E-state index contributed by atoms with van der Waals surface area (Å²) in [5.74, 6) is 0.836. The number of thioether (sulfide) groups is 1. The van der Waals surface area contributed by atoms with Gasteiger partial charge in [0.1, 0.15) is 16.4 Å². The summed E-state index contributed by atoms with van der Waals surface area (Å²) in [6.45, 7) is 6.28. The molecule has 8 nitrogen and oxygen atoms in total. The fourth-order valence-corrected chi connectivity index (χ4v) is 4.56. The minimum absolute atomic E-state index is 0.0233. The average molecular weight is 462 g/mol. The van der Waals surface area contributed by atoms with Gasteiger partial charge in [-0.15, -0.1) is 5.10 Å². The minimum atomic E-state index is -3.99. The van der Waals surface area contributed by atoms with Gasteiger partial charge in [0.05, 0.1) is 18.1 Å². The molecule has 10 heteroatoms. The van der Waals surface area contributed by atoms with E-state index in [-0.39, 0.29) is 27.7 Å². The number of benzene rings is 2. The molecule has 1 aliphatic rings. The van der Waals surface area contributed by atoms with Crippen LogP contribution in [0, 0.1) is 5.92 Å². The summed E-state index contributed by atoms with van der Waals surface area (Å²) in [7, 11) is -3.99. The molecule has 0 aliphatic carbocycles. The third-order valence-electron chi connectivity index (χ3n) is 4.18. The lowest BCUT2D eigenvalue weighted by Crippen LogP contribution is -2.27. The SMILES string of the molecule is CCOc1ccc(S(=O)(=O)Oc2cccc(/C=N\N=C3/NC(=O)[C@H](C(C)C)S3)c2)cc1. The number of ether oxygens (including phenoxy) is 1. The molecule has 1 atom stereocenters. The summed E-state index contributed by atoms with van der Waals surface area (Å²) in [6, 6.07) is 12.5. The van der Waals surface area contributed by atoms with E-state index in [0.29, 0.717) is 23.1 Å². The van der Waals surface area contributed by atoms with Crippen LogP contribution in [0.2, 0.25) is 0 Å². The summed E-state index contributed by atoms with van der Waals surface area (Å²) in [4.78, 5) is 11.9. The first-order valence-electron chi connectivity index (χ1n) is 9.64. The lowest BCUT2D eigenvalue weighted by Gasteiger charge is -2.08. The summed E-state index contributed by atoms with van der Waals surface area (Å²) < 4.78 is 35.6. The maximum Gasteiger partial charge on any atom is 0.339 e. The zero-order valence-electron chi connectivity index (χ0n) is 17.3. The fraction of sp³-hybridized carbons (Fsp3) is 0.286. The number of amides is 1. The normalized spacial score (nSPS) is 18.0. The van der Waals surface area contributed by atoms with Crippen molar-refractivity contribution in [2.24, 2.45) is 16.1 Å². The van der Waals surface area contributed by atoms with Crippen molar-refractivity contribution in [3.63, 3.8) is 0 Å². The number of amidine groups is 1. The standard InChI is InChI=1S/C21H23N3O5S2/c1-4-28-16-8-10-18(11-9-16)31(26,27)29-17-7-5-6-15(12-17)13-22-24-21-23-20(25)19(30-21)14(2)3/h5-14,19H,4H2,1-3H3,(H,23,24,25)/b22-13-/t19-/m0/s1. The van der Waals surface area contributed by atoms with Crippen LogP contribution < -0.4 is 14.2 Å². The van der Waals surface area contributed by atoms with Gasteiger partial charge >= 0.3 is 10.1 Å². The molecule has 0 saturated carbocycles. The van der Waals surface area contributed by atoms with E-state index in [1.165, 1.54) is 42.2 Å². The number of hydrogen-bond acceptors (Lipinski definition) is 8. The first-order chi connectivity index (χ1) is 14.8. The predicted octanol–water partition coefficient (Wildman–Crippen LogP) is 3.43. The van der Waals surface area contributed by atoms with Gasteiger partial charge in [0.25, 0.3) is 0 Å².